The van der Waals surface area contributed by atoms with E-state index in [9.17, 15) is 12.8 Å². The summed E-state index contributed by atoms with van der Waals surface area (Å²) in [7, 11) is -3.63. The highest BCUT2D eigenvalue weighted by molar-refractivity contribution is 7.89. The van der Waals surface area contributed by atoms with Crippen molar-refractivity contribution in [3.05, 3.63) is 95.3 Å². The molecule has 0 unspecified atom stereocenters. The fourth-order valence-corrected chi connectivity index (χ4v) is 4.65. The molecule has 4 rings (SSSR count). The number of rotatable bonds is 6. The topological polar surface area (TPSA) is 49.4 Å². The van der Waals surface area contributed by atoms with E-state index in [1.165, 1.54) is 28.9 Å². The van der Waals surface area contributed by atoms with Crippen LogP contribution in [0, 0.1) is 5.82 Å². The van der Waals surface area contributed by atoms with E-state index >= 15 is 0 Å². The molecule has 0 spiro atoms. The van der Waals surface area contributed by atoms with Gasteiger partial charge in [-0.25, -0.2) is 17.5 Å². The molecule has 6 heteroatoms. The van der Waals surface area contributed by atoms with E-state index in [0.29, 0.717) is 6.42 Å². The number of benzene rings is 3. The van der Waals surface area contributed by atoms with E-state index in [1.807, 2.05) is 12.1 Å². The predicted octanol–water partition coefficient (Wildman–Crippen LogP) is 3.91. The molecule has 0 aliphatic carbocycles. The lowest BCUT2D eigenvalue weighted by Gasteiger charge is -2.30. The van der Waals surface area contributed by atoms with E-state index in [1.54, 1.807) is 0 Å². The molecular weight excluding hydrogens is 387 g/mol. The van der Waals surface area contributed by atoms with Crippen LogP contribution in [-0.4, -0.2) is 21.5 Å². The third-order valence-corrected chi connectivity index (χ3v) is 6.74. The monoisotopic (exact) mass is 410 g/mol. The van der Waals surface area contributed by atoms with Gasteiger partial charge in [0, 0.05) is 25.3 Å². The number of nitrogens with zero attached hydrogens (tertiary/aromatic N) is 1. The Kier molecular flexibility index (Phi) is 5.65. The first-order valence-corrected chi connectivity index (χ1v) is 11.2. The van der Waals surface area contributed by atoms with Gasteiger partial charge in [-0.15, -0.1) is 0 Å². The highest BCUT2D eigenvalue weighted by Crippen LogP contribution is 2.24. The Bertz CT molecular complexity index is 1080. The van der Waals surface area contributed by atoms with Gasteiger partial charge in [-0.3, -0.25) is 0 Å². The number of nitrogens with one attached hydrogen (secondary N) is 1. The van der Waals surface area contributed by atoms with Crippen LogP contribution in [0.4, 0.5) is 10.1 Å². The van der Waals surface area contributed by atoms with Crippen LogP contribution in [0.3, 0.4) is 0 Å². The highest BCUT2D eigenvalue weighted by atomic mass is 32.2. The van der Waals surface area contributed by atoms with Crippen LogP contribution in [-0.2, 0) is 29.4 Å². The number of sulfonamides is 1. The van der Waals surface area contributed by atoms with Crippen LogP contribution in [0.25, 0.3) is 0 Å². The number of anilines is 1. The van der Waals surface area contributed by atoms with Crippen LogP contribution in [0.5, 0.6) is 0 Å². The summed E-state index contributed by atoms with van der Waals surface area (Å²) >= 11 is 0. The number of halogens is 1. The highest BCUT2D eigenvalue weighted by Gasteiger charge is 2.16. The smallest absolute Gasteiger partial charge is 0.240 e. The van der Waals surface area contributed by atoms with Gasteiger partial charge in [0.15, 0.2) is 0 Å². The number of hydrogen-bond donors (Lipinski definition) is 1. The van der Waals surface area contributed by atoms with Gasteiger partial charge in [0.05, 0.1) is 4.90 Å². The molecule has 4 nitrogen and oxygen atoms in total. The zero-order valence-corrected chi connectivity index (χ0v) is 16.8. The lowest BCUT2D eigenvalue weighted by molar-refractivity contribution is 0.580. The maximum Gasteiger partial charge on any atom is 0.240 e. The standard InChI is InChI=1S/C23H23FN2O2S/c24-21-7-11-23(12-8-21)29(27,28)25-15-13-18-5-9-22(10-6-18)26-16-14-19-3-1-2-4-20(19)17-26/h1-12,25H,13-17H2. The lowest BCUT2D eigenvalue weighted by Crippen LogP contribution is -2.30. The second-order valence-corrected chi connectivity index (χ2v) is 8.98. The molecule has 0 bridgehead atoms. The van der Waals surface area contributed by atoms with E-state index in [2.05, 4.69) is 46.0 Å². The van der Waals surface area contributed by atoms with Gasteiger partial charge in [0.1, 0.15) is 5.82 Å². The molecule has 0 saturated carbocycles. The second-order valence-electron chi connectivity index (χ2n) is 7.21. The zero-order chi connectivity index (χ0) is 20.3. The van der Waals surface area contributed by atoms with Gasteiger partial charge < -0.3 is 4.90 Å². The first-order valence-electron chi connectivity index (χ1n) is 9.67. The Morgan fingerprint density at radius 1 is 0.897 bits per heavy atom. The molecule has 0 saturated heterocycles. The van der Waals surface area contributed by atoms with Crippen LogP contribution in [0.15, 0.2) is 77.7 Å². The normalized spacial score (nSPS) is 13.9. The fourth-order valence-electron chi connectivity index (χ4n) is 3.62. The van der Waals surface area contributed by atoms with Gasteiger partial charge in [-0.05, 0) is 65.9 Å². The lowest BCUT2D eigenvalue weighted by atomic mass is 9.99. The van der Waals surface area contributed by atoms with E-state index in [4.69, 9.17) is 0 Å². The van der Waals surface area contributed by atoms with Crippen molar-refractivity contribution in [3.8, 4) is 0 Å². The summed E-state index contributed by atoms with van der Waals surface area (Å²) in [5, 5.41) is 0. The van der Waals surface area contributed by atoms with Crippen LogP contribution in [0.2, 0.25) is 0 Å². The predicted molar refractivity (Wildman–Crippen MR) is 113 cm³/mol. The van der Waals surface area contributed by atoms with Gasteiger partial charge in [0.2, 0.25) is 10.0 Å². The maximum absolute atomic E-state index is 13.0. The van der Waals surface area contributed by atoms with E-state index in [0.717, 1.165) is 37.2 Å². The average molecular weight is 411 g/mol. The number of fused-ring (bicyclic) bond motifs is 1. The van der Waals surface area contributed by atoms with Crippen molar-refractivity contribution < 1.29 is 12.8 Å². The molecule has 1 N–H and O–H groups in total. The SMILES string of the molecule is O=S(=O)(NCCc1ccc(N2CCc3ccccc3C2)cc1)c1ccc(F)cc1. The van der Waals surface area contributed by atoms with Crippen molar-refractivity contribution in [1.29, 1.82) is 0 Å². The molecule has 1 aliphatic heterocycles. The second kappa shape index (κ2) is 8.35. The minimum absolute atomic E-state index is 0.0691. The van der Waals surface area contributed by atoms with Crippen molar-refractivity contribution in [2.75, 3.05) is 18.0 Å². The van der Waals surface area contributed by atoms with Crippen molar-refractivity contribution >= 4 is 15.7 Å². The van der Waals surface area contributed by atoms with Crippen LogP contribution >= 0.6 is 0 Å². The molecule has 0 aromatic heterocycles. The molecule has 150 valence electrons. The van der Waals surface area contributed by atoms with Gasteiger partial charge in [0.25, 0.3) is 0 Å². The molecule has 1 aliphatic rings. The average Bonchev–Trinajstić information content (AvgIpc) is 2.74. The molecular formula is C23H23FN2O2S. The third kappa shape index (κ3) is 4.66. The molecule has 0 atom stereocenters. The summed E-state index contributed by atoms with van der Waals surface area (Å²) in [6, 6.07) is 21.7. The fraction of sp³-hybridized carbons (Fsp3) is 0.217. The first kappa shape index (κ1) is 19.6. The van der Waals surface area contributed by atoms with Crippen molar-refractivity contribution in [2.24, 2.45) is 0 Å². The van der Waals surface area contributed by atoms with E-state index in [-0.39, 0.29) is 11.4 Å². The minimum Gasteiger partial charge on any atom is -0.367 e. The summed E-state index contributed by atoms with van der Waals surface area (Å²) in [4.78, 5) is 2.43. The summed E-state index contributed by atoms with van der Waals surface area (Å²) in [6.07, 6.45) is 1.63. The summed E-state index contributed by atoms with van der Waals surface area (Å²) in [5.41, 5.74) is 5.04. The summed E-state index contributed by atoms with van der Waals surface area (Å²) < 4.78 is 40.1. The number of hydrogen-bond acceptors (Lipinski definition) is 3. The van der Waals surface area contributed by atoms with Gasteiger partial charge in [-0.1, -0.05) is 36.4 Å². The molecule has 29 heavy (non-hydrogen) atoms. The Balaban J connectivity index is 1.34. The maximum atomic E-state index is 13.0. The molecule has 0 fully saturated rings. The van der Waals surface area contributed by atoms with Crippen molar-refractivity contribution in [2.45, 2.75) is 24.3 Å². The Morgan fingerprint density at radius 3 is 2.31 bits per heavy atom. The van der Waals surface area contributed by atoms with Gasteiger partial charge in [-0.2, -0.15) is 0 Å². The summed E-state index contributed by atoms with van der Waals surface area (Å²) in [5.74, 6) is -0.457. The Hall–Kier alpha value is -2.70. The van der Waals surface area contributed by atoms with Gasteiger partial charge >= 0.3 is 0 Å². The molecule has 3 aromatic rings. The Labute approximate surface area is 171 Å². The molecule has 0 radical (unpaired) electrons. The molecule has 0 amide bonds. The van der Waals surface area contributed by atoms with Crippen LogP contribution < -0.4 is 9.62 Å². The first-order chi connectivity index (χ1) is 14.0. The quantitative estimate of drug-likeness (QED) is 0.670. The van der Waals surface area contributed by atoms with Crippen molar-refractivity contribution in [1.82, 2.24) is 4.72 Å². The van der Waals surface area contributed by atoms with Crippen molar-refractivity contribution in [3.63, 3.8) is 0 Å². The largest absolute Gasteiger partial charge is 0.367 e. The van der Waals surface area contributed by atoms with Crippen LogP contribution in [0.1, 0.15) is 16.7 Å². The minimum atomic E-state index is -3.63. The third-order valence-electron chi connectivity index (χ3n) is 5.26. The zero-order valence-electron chi connectivity index (χ0n) is 16.0. The van der Waals surface area contributed by atoms with E-state index < -0.39 is 15.8 Å². The molecule has 1 heterocycles. The molecule has 3 aromatic carbocycles. The summed E-state index contributed by atoms with van der Waals surface area (Å²) in [6.45, 7) is 2.19. The Morgan fingerprint density at radius 2 is 1.59 bits per heavy atom.